The van der Waals surface area contributed by atoms with Crippen molar-refractivity contribution in [2.24, 2.45) is 11.1 Å². The van der Waals surface area contributed by atoms with Crippen molar-refractivity contribution >= 4 is 5.95 Å². The second kappa shape index (κ2) is 7.28. The number of nitrogens with two attached hydrogens (primary N) is 1. The van der Waals surface area contributed by atoms with Crippen molar-refractivity contribution in [1.29, 1.82) is 0 Å². The lowest BCUT2D eigenvalue weighted by Gasteiger charge is -2.30. The molecule has 0 spiro atoms. The molecule has 0 saturated carbocycles. The molecule has 108 valence electrons. The van der Waals surface area contributed by atoms with Crippen molar-refractivity contribution in [3.63, 3.8) is 0 Å². The van der Waals surface area contributed by atoms with E-state index >= 15 is 0 Å². The number of hydrogen-bond donors (Lipinski definition) is 2. The van der Waals surface area contributed by atoms with E-state index in [2.05, 4.69) is 29.1 Å². The summed E-state index contributed by atoms with van der Waals surface area (Å²) in [7, 11) is 0. The number of ether oxygens (including phenoxy) is 1. The second-order valence-corrected chi connectivity index (χ2v) is 4.87. The van der Waals surface area contributed by atoms with Gasteiger partial charge in [-0.3, -0.25) is 0 Å². The number of nitrogens with zero attached hydrogens (tertiary/aromatic N) is 2. The third kappa shape index (κ3) is 4.35. The van der Waals surface area contributed by atoms with Gasteiger partial charge in [0.15, 0.2) is 0 Å². The molecule has 3 N–H and O–H groups in total. The fourth-order valence-corrected chi connectivity index (χ4v) is 1.97. The lowest BCUT2D eigenvalue weighted by Crippen LogP contribution is -2.36. The van der Waals surface area contributed by atoms with E-state index in [1.54, 1.807) is 0 Å². The summed E-state index contributed by atoms with van der Waals surface area (Å²) < 4.78 is 5.42. The van der Waals surface area contributed by atoms with Gasteiger partial charge in [0, 0.05) is 18.3 Å². The lowest BCUT2D eigenvalue weighted by molar-refractivity contribution is 0.293. The van der Waals surface area contributed by atoms with Crippen LogP contribution in [0.2, 0.25) is 0 Å². The number of aryl methyl sites for hydroxylation is 1. The minimum absolute atomic E-state index is 0.110. The zero-order valence-electron chi connectivity index (χ0n) is 12.5. The average Bonchev–Trinajstić information content (AvgIpc) is 2.41. The van der Waals surface area contributed by atoms with E-state index in [9.17, 15) is 0 Å². The summed E-state index contributed by atoms with van der Waals surface area (Å²) in [6.45, 7) is 10.3. The van der Waals surface area contributed by atoms with Crippen LogP contribution in [-0.4, -0.2) is 29.7 Å². The van der Waals surface area contributed by atoms with Crippen molar-refractivity contribution in [1.82, 2.24) is 9.97 Å². The minimum atomic E-state index is 0.110. The molecule has 0 aliphatic rings. The summed E-state index contributed by atoms with van der Waals surface area (Å²) in [5.41, 5.74) is 6.90. The van der Waals surface area contributed by atoms with Crippen LogP contribution in [-0.2, 0) is 0 Å². The highest BCUT2D eigenvalue weighted by atomic mass is 16.5. The van der Waals surface area contributed by atoms with Gasteiger partial charge in [0.25, 0.3) is 0 Å². The summed E-state index contributed by atoms with van der Waals surface area (Å²) in [6, 6.07) is 1.84. The summed E-state index contributed by atoms with van der Waals surface area (Å²) in [5, 5.41) is 3.30. The Balaban J connectivity index is 2.76. The molecule has 0 aliphatic carbocycles. The van der Waals surface area contributed by atoms with Gasteiger partial charge in [-0.1, -0.05) is 13.8 Å². The van der Waals surface area contributed by atoms with Crippen LogP contribution in [0.15, 0.2) is 6.07 Å². The first-order chi connectivity index (χ1) is 9.09. The Kier molecular flexibility index (Phi) is 6.02. The molecule has 5 nitrogen and oxygen atoms in total. The Morgan fingerprint density at radius 2 is 1.95 bits per heavy atom. The van der Waals surface area contributed by atoms with Gasteiger partial charge < -0.3 is 15.8 Å². The molecule has 5 heteroatoms. The van der Waals surface area contributed by atoms with Gasteiger partial charge in [-0.15, -0.1) is 0 Å². The van der Waals surface area contributed by atoms with Gasteiger partial charge in [0.1, 0.15) is 0 Å². The number of anilines is 1. The van der Waals surface area contributed by atoms with Crippen LogP contribution in [0.1, 0.15) is 39.3 Å². The molecule has 1 aromatic rings. The molecular weight excluding hydrogens is 240 g/mol. The van der Waals surface area contributed by atoms with Crippen molar-refractivity contribution in [3.05, 3.63) is 11.8 Å². The smallest absolute Gasteiger partial charge is 0.226 e. The Morgan fingerprint density at radius 1 is 1.26 bits per heavy atom. The zero-order valence-corrected chi connectivity index (χ0v) is 12.5. The first-order valence-electron chi connectivity index (χ1n) is 7.01. The second-order valence-electron chi connectivity index (χ2n) is 4.87. The maximum Gasteiger partial charge on any atom is 0.226 e. The van der Waals surface area contributed by atoms with Gasteiger partial charge in [-0.2, -0.15) is 4.98 Å². The number of hydrogen-bond acceptors (Lipinski definition) is 5. The molecule has 0 amide bonds. The maximum absolute atomic E-state index is 5.89. The van der Waals surface area contributed by atoms with Crippen LogP contribution in [0, 0.1) is 12.3 Å². The average molecular weight is 266 g/mol. The molecule has 19 heavy (non-hydrogen) atoms. The predicted molar refractivity (Wildman–Crippen MR) is 78.5 cm³/mol. The predicted octanol–water partition coefficient (Wildman–Crippen LogP) is 2.36. The highest BCUT2D eigenvalue weighted by molar-refractivity contribution is 5.31. The Labute approximate surface area is 116 Å². The van der Waals surface area contributed by atoms with Crippen LogP contribution in [0.4, 0.5) is 5.95 Å². The van der Waals surface area contributed by atoms with E-state index in [-0.39, 0.29) is 5.41 Å². The molecular formula is C14H26N4O. The van der Waals surface area contributed by atoms with Gasteiger partial charge in [-0.05, 0) is 38.6 Å². The third-order valence-electron chi connectivity index (χ3n) is 3.68. The van der Waals surface area contributed by atoms with Crippen molar-refractivity contribution in [2.45, 2.75) is 40.5 Å². The van der Waals surface area contributed by atoms with E-state index in [1.807, 2.05) is 19.9 Å². The van der Waals surface area contributed by atoms with Gasteiger partial charge in [-0.25, -0.2) is 4.98 Å². The number of nitrogens with one attached hydrogen (secondary N) is 1. The summed E-state index contributed by atoms with van der Waals surface area (Å²) in [6.07, 6.45) is 2.08. The normalized spacial score (nSPS) is 11.4. The summed E-state index contributed by atoms with van der Waals surface area (Å²) >= 11 is 0. The maximum atomic E-state index is 5.89. The van der Waals surface area contributed by atoms with Crippen LogP contribution in [0.5, 0.6) is 5.88 Å². The molecule has 0 saturated heterocycles. The molecule has 1 heterocycles. The number of rotatable bonds is 8. The van der Waals surface area contributed by atoms with E-state index in [4.69, 9.17) is 10.5 Å². The minimum Gasteiger partial charge on any atom is -0.478 e. The van der Waals surface area contributed by atoms with E-state index in [0.29, 0.717) is 25.0 Å². The lowest BCUT2D eigenvalue weighted by atomic mass is 9.82. The Bertz CT molecular complexity index is 383. The molecule has 0 bridgehead atoms. The van der Waals surface area contributed by atoms with Crippen LogP contribution >= 0.6 is 0 Å². The fraction of sp³-hybridized carbons (Fsp3) is 0.714. The topological polar surface area (TPSA) is 73.1 Å². The molecule has 0 aromatic carbocycles. The van der Waals surface area contributed by atoms with E-state index < -0.39 is 0 Å². The van der Waals surface area contributed by atoms with Crippen LogP contribution < -0.4 is 15.8 Å². The molecule has 0 atom stereocenters. The zero-order chi connectivity index (χ0) is 14.3. The van der Waals surface area contributed by atoms with Crippen LogP contribution in [0.3, 0.4) is 0 Å². The van der Waals surface area contributed by atoms with Crippen molar-refractivity contribution in [2.75, 3.05) is 25.0 Å². The van der Waals surface area contributed by atoms with Gasteiger partial charge in [0.05, 0.1) is 6.61 Å². The van der Waals surface area contributed by atoms with Crippen molar-refractivity contribution in [3.8, 4) is 5.88 Å². The van der Waals surface area contributed by atoms with Crippen LogP contribution in [0.25, 0.3) is 0 Å². The fourth-order valence-electron chi connectivity index (χ4n) is 1.97. The summed E-state index contributed by atoms with van der Waals surface area (Å²) in [4.78, 5) is 8.72. The molecule has 1 aromatic heterocycles. The Hall–Kier alpha value is -1.36. The molecule has 0 radical (unpaired) electrons. The largest absolute Gasteiger partial charge is 0.478 e. The summed E-state index contributed by atoms with van der Waals surface area (Å²) in [5.74, 6) is 1.23. The Morgan fingerprint density at radius 3 is 2.47 bits per heavy atom. The molecule has 0 aliphatic heterocycles. The number of aromatic nitrogens is 2. The van der Waals surface area contributed by atoms with E-state index in [0.717, 1.165) is 25.1 Å². The monoisotopic (exact) mass is 266 g/mol. The van der Waals surface area contributed by atoms with Gasteiger partial charge >= 0.3 is 0 Å². The third-order valence-corrected chi connectivity index (χ3v) is 3.68. The first kappa shape index (κ1) is 15.7. The van der Waals surface area contributed by atoms with Gasteiger partial charge in [0.2, 0.25) is 11.8 Å². The standard InChI is InChI=1S/C14H26N4O/c1-5-14(6-2,9-15)10-16-13-17-11(4)8-12(18-13)19-7-3/h8H,5-7,9-10,15H2,1-4H3,(H,16,17,18). The quantitative estimate of drug-likeness (QED) is 0.755. The SMILES string of the molecule is CCOc1cc(C)nc(NCC(CC)(CC)CN)n1. The highest BCUT2D eigenvalue weighted by Gasteiger charge is 2.24. The molecule has 0 fully saturated rings. The molecule has 0 unspecified atom stereocenters. The first-order valence-corrected chi connectivity index (χ1v) is 7.01. The van der Waals surface area contributed by atoms with Crippen molar-refractivity contribution < 1.29 is 4.74 Å². The molecule has 1 rings (SSSR count). The highest BCUT2D eigenvalue weighted by Crippen LogP contribution is 2.25. The van der Waals surface area contributed by atoms with E-state index in [1.165, 1.54) is 0 Å².